The topological polar surface area (TPSA) is 214 Å². The lowest BCUT2D eigenvalue weighted by molar-refractivity contribution is -0.307. The Morgan fingerprint density at radius 3 is 2.16 bits per heavy atom. The average Bonchev–Trinajstić information content (AvgIpc) is 2.71. The van der Waals surface area contributed by atoms with Crippen molar-refractivity contribution in [1.29, 1.82) is 0 Å². The molecule has 12 heteroatoms. The van der Waals surface area contributed by atoms with Gasteiger partial charge in [-0.3, -0.25) is 0 Å². The summed E-state index contributed by atoms with van der Waals surface area (Å²) in [6, 6.07) is -2.47. The van der Waals surface area contributed by atoms with Crippen LogP contribution in [0.25, 0.3) is 0 Å². The van der Waals surface area contributed by atoms with Gasteiger partial charge in [0.25, 0.3) is 0 Å². The van der Waals surface area contributed by atoms with Crippen molar-refractivity contribution in [2.75, 3.05) is 13.7 Å². The van der Waals surface area contributed by atoms with Gasteiger partial charge in [0.15, 0.2) is 12.6 Å². The van der Waals surface area contributed by atoms with E-state index in [-0.39, 0.29) is 24.8 Å². The molecular formula is C20H41N5O7. The zero-order chi connectivity index (χ0) is 23.8. The van der Waals surface area contributed by atoms with Gasteiger partial charge in [0, 0.05) is 18.1 Å². The fourth-order valence-electron chi connectivity index (χ4n) is 4.87. The first kappa shape index (κ1) is 26.1. The highest BCUT2D eigenvalue weighted by Gasteiger charge is 2.50. The molecule has 13 atom stereocenters. The molecule has 0 bridgehead atoms. The van der Waals surface area contributed by atoms with Crippen LogP contribution in [0.4, 0.5) is 0 Å². The van der Waals surface area contributed by atoms with Crippen molar-refractivity contribution in [2.24, 2.45) is 22.9 Å². The van der Waals surface area contributed by atoms with E-state index in [0.29, 0.717) is 12.8 Å². The minimum absolute atomic E-state index is 0.0683. The van der Waals surface area contributed by atoms with E-state index in [2.05, 4.69) is 5.32 Å². The van der Waals surface area contributed by atoms with Gasteiger partial charge in [0.1, 0.15) is 30.0 Å². The third-order valence-corrected chi connectivity index (χ3v) is 6.81. The summed E-state index contributed by atoms with van der Waals surface area (Å²) in [6.45, 7) is 3.34. The maximum Gasteiger partial charge on any atom is 0.185 e. The van der Waals surface area contributed by atoms with Gasteiger partial charge < -0.3 is 62.5 Å². The lowest BCUT2D eigenvalue weighted by Gasteiger charge is -2.48. The summed E-state index contributed by atoms with van der Waals surface area (Å²) in [5, 5.41) is 35.0. The van der Waals surface area contributed by atoms with Crippen molar-refractivity contribution in [3.63, 3.8) is 0 Å². The van der Waals surface area contributed by atoms with Crippen molar-refractivity contribution in [3.8, 4) is 0 Å². The Morgan fingerprint density at radius 2 is 1.59 bits per heavy atom. The van der Waals surface area contributed by atoms with E-state index in [1.165, 1.54) is 0 Å². The van der Waals surface area contributed by atoms with E-state index < -0.39 is 60.7 Å². The zero-order valence-corrected chi connectivity index (χ0v) is 19.0. The smallest absolute Gasteiger partial charge is 0.185 e. The molecule has 3 fully saturated rings. The highest BCUT2D eigenvalue weighted by molar-refractivity contribution is 5.02. The minimum atomic E-state index is -1.29. The number of likely N-dealkylation sites (N-methyl/N-ethyl adjacent to an activating group) is 1. The normalized spacial score (nSPS) is 51.4. The van der Waals surface area contributed by atoms with E-state index in [4.69, 9.17) is 41.9 Å². The van der Waals surface area contributed by atoms with E-state index in [1.807, 2.05) is 6.92 Å². The largest absolute Gasteiger partial charge is 0.388 e. The van der Waals surface area contributed by atoms with Crippen molar-refractivity contribution in [2.45, 2.75) is 112 Å². The van der Waals surface area contributed by atoms with Crippen molar-refractivity contribution >= 4 is 0 Å². The summed E-state index contributed by atoms with van der Waals surface area (Å²) in [5.41, 5.74) is 23.3. The second-order valence-corrected chi connectivity index (χ2v) is 9.69. The lowest BCUT2D eigenvalue weighted by atomic mass is 9.84. The summed E-state index contributed by atoms with van der Waals surface area (Å²) in [5.74, 6) is 0. The van der Waals surface area contributed by atoms with Gasteiger partial charge in [0.05, 0.1) is 24.8 Å². The van der Waals surface area contributed by atoms with Gasteiger partial charge in [-0.2, -0.15) is 0 Å². The van der Waals surface area contributed by atoms with Crippen LogP contribution in [0.15, 0.2) is 0 Å². The highest BCUT2D eigenvalue weighted by Crippen LogP contribution is 2.31. The molecule has 12 nitrogen and oxygen atoms in total. The molecule has 0 spiro atoms. The second-order valence-electron chi connectivity index (χ2n) is 9.69. The molecule has 1 unspecified atom stereocenters. The number of rotatable bonds is 6. The van der Waals surface area contributed by atoms with Crippen LogP contribution in [0.2, 0.25) is 0 Å². The van der Waals surface area contributed by atoms with E-state index in [0.717, 1.165) is 6.42 Å². The molecule has 3 aliphatic rings. The molecule has 1 saturated carbocycles. The number of aliphatic hydroxyl groups is 3. The maximum atomic E-state index is 11.1. The van der Waals surface area contributed by atoms with Crippen LogP contribution in [0.3, 0.4) is 0 Å². The molecule has 32 heavy (non-hydrogen) atoms. The molecule has 0 radical (unpaired) electrons. The zero-order valence-electron chi connectivity index (χ0n) is 19.0. The maximum absolute atomic E-state index is 11.1. The van der Waals surface area contributed by atoms with E-state index in [1.54, 1.807) is 14.0 Å². The Bertz CT molecular complexity index is 615. The van der Waals surface area contributed by atoms with Gasteiger partial charge in [-0.25, -0.2) is 0 Å². The summed E-state index contributed by atoms with van der Waals surface area (Å²) in [7, 11) is 1.62. The molecule has 2 aliphatic heterocycles. The van der Waals surface area contributed by atoms with Gasteiger partial charge in [0.2, 0.25) is 0 Å². The van der Waals surface area contributed by atoms with Gasteiger partial charge >= 0.3 is 0 Å². The fraction of sp³-hybridized carbons (Fsp3) is 1.00. The molecule has 3 rings (SSSR count). The van der Waals surface area contributed by atoms with Crippen LogP contribution in [0, 0.1) is 0 Å². The monoisotopic (exact) mass is 463 g/mol. The lowest BCUT2D eigenvalue weighted by Crippen LogP contribution is -2.68. The number of nitrogens with two attached hydrogens (primary N) is 4. The molecule has 2 saturated heterocycles. The Morgan fingerprint density at radius 1 is 1.00 bits per heavy atom. The van der Waals surface area contributed by atoms with E-state index >= 15 is 0 Å². The van der Waals surface area contributed by atoms with Gasteiger partial charge in [-0.05, 0) is 40.2 Å². The third-order valence-electron chi connectivity index (χ3n) is 6.81. The predicted octanol–water partition coefficient (Wildman–Crippen LogP) is -3.59. The summed E-state index contributed by atoms with van der Waals surface area (Å²) >= 11 is 0. The van der Waals surface area contributed by atoms with Crippen LogP contribution in [-0.2, 0) is 18.9 Å². The highest BCUT2D eigenvalue weighted by atomic mass is 16.7. The first-order valence-electron chi connectivity index (χ1n) is 11.3. The number of aliphatic hydroxyl groups excluding tert-OH is 2. The summed E-state index contributed by atoms with van der Waals surface area (Å²) in [6.07, 6.45) is -4.58. The Kier molecular flexibility index (Phi) is 8.51. The molecular weight excluding hydrogens is 422 g/mol. The Hall–Kier alpha value is -0.480. The van der Waals surface area contributed by atoms with E-state index in [9.17, 15) is 15.3 Å². The second kappa shape index (κ2) is 10.4. The number of nitrogens with one attached hydrogen (secondary N) is 1. The van der Waals surface area contributed by atoms with Crippen molar-refractivity contribution < 1.29 is 34.3 Å². The number of hydrogen-bond acceptors (Lipinski definition) is 12. The first-order valence-corrected chi connectivity index (χ1v) is 11.3. The average molecular weight is 464 g/mol. The quantitative estimate of drug-likeness (QED) is 0.192. The summed E-state index contributed by atoms with van der Waals surface area (Å²) < 4.78 is 23.4. The first-order chi connectivity index (χ1) is 15.0. The van der Waals surface area contributed by atoms with Crippen LogP contribution in [-0.4, -0.2) is 108 Å². The molecule has 2 heterocycles. The molecule has 0 aromatic carbocycles. The number of ether oxygens (including phenoxy) is 4. The molecule has 188 valence electrons. The van der Waals surface area contributed by atoms with Crippen LogP contribution >= 0.6 is 0 Å². The van der Waals surface area contributed by atoms with Crippen LogP contribution in [0.5, 0.6) is 0 Å². The predicted molar refractivity (Wildman–Crippen MR) is 115 cm³/mol. The van der Waals surface area contributed by atoms with Crippen LogP contribution < -0.4 is 28.3 Å². The Labute approximate surface area is 188 Å². The van der Waals surface area contributed by atoms with Crippen LogP contribution in [0.1, 0.15) is 33.1 Å². The minimum Gasteiger partial charge on any atom is -0.388 e. The SMILES string of the molecule is CN[C@@H]1[C@H](O)[C@@H](O[C@@H]2[C@H](O)[C@H](O[C@@H]3O[C@H](C(C)N)CC[C@@H]3N)[C@@H](N)C[C@H]2N)OC[C@]1(C)O. The molecule has 1 aliphatic carbocycles. The molecule has 0 amide bonds. The van der Waals surface area contributed by atoms with Crippen molar-refractivity contribution in [3.05, 3.63) is 0 Å². The third kappa shape index (κ3) is 5.43. The fourth-order valence-corrected chi connectivity index (χ4v) is 4.87. The molecule has 0 aromatic rings. The number of hydrogen-bond donors (Lipinski definition) is 8. The van der Waals surface area contributed by atoms with Crippen molar-refractivity contribution in [1.82, 2.24) is 5.32 Å². The summed E-state index contributed by atoms with van der Waals surface area (Å²) in [4.78, 5) is 0. The van der Waals surface area contributed by atoms with Gasteiger partial charge in [-0.15, -0.1) is 0 Å². The standard InChI is InChI=1S/C20H41N5O7/c1-8(21)12-5-4-9(22)18(30-12)31-15-10(23)6-11(24)16(13(15)26)32-19-14(27)17(25-3)20(2,28)7-29-19/h8-19,25-28H,4-7,21-24H2,1-3H3/t8?,9-,10-,11+,12-,13+,14-,15+,16-,17+,18-,19+,20-/m0/s1. The molecule has 12 N–H and O–H groups in total. The van der Waals surface area contributed by atoms with Gasteiger partial charge in [-0.1, -0.05) is 0 Å². The Balaban J connectivity index is 1.69. The molecule has 0 aromatic heterocycles.